The van der Waals surface area contributed by atoms with Crippen LogP contribution in [0.15, 0.2) is 4.52 Å². The van der Waals surface area contributed by atoms with Crippen LogP contribution >= 0.6 is 0 Å². The second kappa shape index (κ2) is 6.37. The van der Waals surface area contributed by atoms with E-state index in [1.807, 2.05) is 0 Å². The van der Waals surface area contributed by atoms with Gasteiger partial charge < -0.3 is 9.42 Å². The van der Waals surface area contributed by atoms with Crippen LogP contribution in [0.25, 0.3) is 0 Å². The van der Waals surface area contributed by atoms with Gasteiger partial charge in [0.15, 0.2) is 0 Å². The molecule has 1 aliphatic carbocycles. The van der Waals surface area contributed by atoms with Crippen LogP contribution in [0.5, 0.6) is 0 Å². The van der Waals surface area contributed by atoms with Gasteiger partial charge in [-0.15, -0.1) is 0 Å². The quantitative estimate of drug-likeness (QED) is 0.850. The van der Waals surface area contributed by atoms with Gasteiger partial charge in [-0.3, -0.25) is 4.79 Å². The zero-order chi connectivity index (χ0) is 13.8. The van der Waals surface area contributed by atoms with Gasteiger partial charge >= 0.3 is 0 Å². The molecule has 1 unspecified atom stereocenters. The van der Waals surface area contributed by atoms with Crippen LogP contribution in [-0.2, 0) is 11.2 Å². The van der Waals surface area contributed by atoms with Gasteiger partial charge in [-0.1, -0.05) is 19.3 Å². The minimum absolute atomic E-state index is 0.0983. The van der Waals surface area contributed by atoms with Crippen molar-refractivity contribution in [3.05, 3.63) is 5.89 Å². The van der Waals surface area contributed by atoms with E-state index in [-0.39, 0.29) is 5.92 Å². The second-order valence-corrected chi connectivity index (χ2v) is 6.00. The van der Waals surface area contributed by atoms with E-state index >= 15 is 0 Å². The molecule has 5 nitrogen and oxygen atoms in total. The first kappa shape index (κ1) is 13.6. The summed E-state index contributed by atoms with van der Waals surface area (Å²) < 4.78 is 5.35. The molecule has 110 valence electrons. The Kier molecular flexibility index (Phi) is 4.33. The molecule has 2 fully saturated rings. The maximum Gasteiger partial charge on any atom is 0.266 e. The Bertz CT molecular complexity index is 450. The van der Waals surface area contributed by atoms with Crippen LogP contribution in [0.4, 0.5) is 5.95 Å². The molecular weight excluding hydrogens is 254 g/mol. The Morgan fingerprint density at radius 2 is 1.90 bits per heavy atom. The summed E-state index contributed by atoms with van der Waals surface area (Å²) in [6.45, 7) is 2.03. The summed E-state index contributed by atoms with van der Waals surface area (Å²) in [6, 6.07) is 0. The Morgan fingerprint density at radius 3 is 2.65 bits per heavy atom. The average Bonchev–Trinajstić information content (AvgIpc) is 2.74. The van der Waals surface area contributed by atoms with Gasteiger partial charge in [0.1, 0.15) is 5.78 Å². The third-order valence-corrected chi connectivity index (χ3v) is 4.45. The first-order valence-electron chi connectivity index (χ1n) is 7.93. The zero-order valence-corrected chi connectivity index (χ0v) is 12.0. The highest BCUT2D eigenvalue weighted by atomic mass is 16.5. The summed E-state index contributed by atoms with van der Waals surface area (Å²) in [5, 5.41) is 4.10. The summed E-state index contributed by atoms with van der Waals surface area (Å²) in [5.74, 6) is 1.81. The number of carbonyl (C=O) groups excluding carboxylic acids is 1. The molecule has 1 aromatic rings. The lowest BCUT2D eigenvalue weighted by atomic mass is 9.86. The molecule has 0 bridgehead atoms. The molecule has 2 aliphatic rings. The first-order valence-corrected chi connectivity index (χ1v) is 7.93. The molecule has 0 amide bonds. The zero-order valence-electron chi connectivity index (χ0n) is 12.0. The van der Waals surface area contributed by atoms with Crippen molar-refractivity contribution in [2.45, 2.75) is 57.8 Å². The van der Waals surface area contributed by atoms with E-state index in [0.717, 1.165) is 38.8 Å². The smallest absolute Gasteiger partial charge is 0.266 e. The molecule has 1 aromatic heterocycles. The van der Waals surface area contributed by atoms with Crippen molar-refractivity contribution in [3.8, 4) is 0 Å². The number of nitrogens with zero attached hydrogens (tertiary/aromatic N) is 3. The van der Waals surface area contributed by atoms with Crippen molar-refractivity contribution in [1.82, 2.24) is 10.1 Å². The van der Waals surface area contributed by atoms with Gasteiger partial charge in [-0.25, -0.2) is 0 Å². The lowest BCUT2D eigenvalue weighted by Gasteiger charge is -2.18. The highest BCUT2D eigenvalue weighted by Gasteiger charge is 2.25. The normalized spacial score (nSPS) is 24.7. The summed E-state index contributed by atoms with van der Waals surface area (Å²) in [6.07, 6.45) is 9.48. The molecule has 1 saturated carbocycles. The van der Waals surface area contributed by atoms with Crippen molar-refractivity contribution >= 4 is 11.7 Å². The van der Waals surface area contributed by atoms with Gasteiger partial charge in [0, 0.05) is 31.8 Å². The van der Waals surface area contributed by atoms with Gasteiger partial charge in [-0.05, 0) is 30.8 Å². The maximum absolute atomic E-state index is 11.9. The maximum atomic E-state index is 11.9. The van der Waals surface area contributed by atoms with Crippen LogP contribution in [0.3, 0.4) is 0 Å². The predicted molar refractivity (Wildman–Crippen MR) is 75.6 cm³/mol. The van der Waals surface area contributed by atoms with Crippen LogP contribution in [-0.4, -0.2) is 29.0 Å². The van der Waals surface area contributed by atoms with Crippen LogP contribution in [0, 0.1) is 5.92 Å². The van der Waals surface area contributed by atoms with Gasteiger partial charge in [0.05, 0.1) is 0 Å². The summed E-state index contributed by atoms with van der Waals surface area (Å²) in [7, 11) is 0. The third kappa shape index (κ3) is 3.19. The number of aromatic nitrogens is 2. The Labute approximate surface area is 119 Å². The number of ketones is 1. The molecular formula is C15H23N3O2. The lowest BCUT2D eigenvalue weighted by Crippen LogP contribution is -2.25. The fraction of sp³-hybridized carbons (Fsp3) is 0.800. The minimum atomic E-state index is 0.0983. The predicted octanol–water partition coefficient (Wildman–Crippen LogP) is 2.75. The van der Waals surface area contributed by atoms with E-state index in [0.29, 0.717) is 24.0 Å². The Morgan fingerprint density at radius 1 is 1.10 bits per heavy atom. The summed E-state index contributed by atoms with van der Waals surface area (Å²) >= 11 is 0. The number of hydrogen-bond donors (Lipinski definition) is 0. The van der Waals surface area contributed by atoms with E-state index in [9.17, 15) is 4.79 Å². The van der Waals surface area contributed by atoms with E-state index in [1.165, 1.54) is 25.7 Å². The van der Waals surface area contributed by atoms with Gasteiger partial charge in [0.25, 0.3) is 5.95 Å². The monoisotopic (exact) mass is 277 g/mol. The second-order valence-electron chi connectivity index (χ2n) is 6.00. The SMILES string of the molecule is O=C1CCCCC1Cc1nc(N2CCCCCC2)no1. The van der Waals surface area contributed by atoms with E-state index < -0.39 is 0 Å². The van der Waals surface area contributed by atoms with Crippen molar-refractivity contribution in [3.63, 3.8) is 0 Å². The number of rotatable bonds is 3. The number of hydrogen-bond acceptors (Lipinski definition) is 5. The highest BCUT2D eigenvalue weighted by Crippen LogP contribution is 2.24. The third-order valence-electron chi connectivity index (χ3n) is 4.45. The molecule has 5 heteroatoms. The number of carbonyl (C=O) groups is 1. The molecule has 0 aromatic carbocycles. The molecule has 0 radical (unpaired) electrons. The number of anilines is 1. The van der Waals surface area contributed by atoms with Crippen molar-refractivity contribution in [2.75, 3.05) is 18.0 Å². The Balaban J connectivity index is 1.62. The van der Waals surface area contributed by atoms with Gasteiger partial charge in [0.2, 0.25) is 5.89 Å². The van der Waals surface area contributed by atoms with E-state index in [1.54, 1.807) is 0 Å². The first-order chi connectivity index (χ1) is 9.83. The van der Waals surface area contributed by atoms with Crippen molar-refractivity contribution in [1.29, 1.82) is 0 Å². The summed E-state index contributed by atoms with van der Waals surface area (Å²) in [4.78, 5) is 18.6. The fourth-order valence-electron chi connectivity index (χ4n) is 3.21. The largest absolute Gasteiger partial charge is 0.338 e. The minimum Gasteiger partial charge on any atom is -0.338 e. The van der Waals surface area contributed by atoms with E-state index in [4.69, 9.17) is 4.52 Å². The topological polar surface area (TPSA) is 59.2 Å². The van der Waals surface area contributed by atoms with Crippen molar-refractivity contribution in [2.24, 2.45) is 5.92 Å². The molecule has 1 atom stereocenters. The lowest BCUT2D eigenvalue weighted by molar-refractivity contribution is -0.124. The van der Waals surface area contributed by atoms with Crippen LogP contribution in [0.1, 0.15) is 57.3 Å². The highest BCUT2D eigenvalue weighted by molar-refractivity contribution is 5.81. The van der Waals surface area contributed by atoms with Gasteiger partial charge in [-0.2, -0.15) is 4.98 Å². The van der Waals surface area contributed by atoms with Crippen molar-refractivity contribution < 1.29 is 9.32 Å². The van der Waals surface area contributed by atoms with Crippen LogP contribution < -0.4 is 4.90 Å². The molecule has 0 spiro atoms. The summed E-state index contributed by atoms with van der Waals surface area (Å²) in [5.41, 5.74) is 0. The molecule has 20 heavy (non-hydrogen) atoms. The molecule has 1 aliphatic heterocycles. The molecule has 0 N–H and O–H groups in total. The number of Topliss-reactive ketones (excluding diaryl/α,β-unsaturated/α-hetero) is 1. The molecule has 3 rings (SSSR count). The molecule has 1 saturated heterocycles. The average molecular weight is 277 g/mol. The standard InChI is InChI=1S/C15H23N3O2/c19-13-8-4-3-7-12(13)11-14-16-15(17-20-14)18-9-5-1-2-6-10-18/h12H,1-11H2. The molecule has 2 heterocycles. The van der Waals surface area contributed by atoms with Crippen LogP contribution in [0.2, 0.25) is 0 Å². The fourth-order valence-corrected chi connectivity index (χ4v) is 3.21. The Hall–Kier alpha value is -1.39. The van der Waals surface area contributed by atoms with E-state index in [2.05, 4.69) is 15.0 Å².